The van der Waals surface area contributed by atoms with Crippen molar-refractivity contribution in [2.24, 2.45) is 0 Å². The van der Waals surface area contributed by atoms with Crippen molar-refractivity contribution in [1.82, 2.24) is 4.57 Å². The Hall–Kier alpha value is -7.20. The molecule has 11 rings (SSSR count). The van der Waals surface area contributed by atoms with E-state index >= 15 is 0 Å². The van der Waals surface area contributed by atoms with Crippen LogP contribution in [-0.4, -0.2) is 4.57 Å². The first-order chi connectivity index (χ1) is 29.9. The molecule has 2 heterocycles. The van der Waals surface area contributed by atoms with Crippen molar-refractivity contribution in [2.45, 2.75) is 26.2 Å². The quantitative estimate of drug-likeness (QED) is 0.139. The highest BCUT2D eigenvalue weighted by Crippen LogP contribution is 2.51. The van der Waals surface area contributed by atoms with Gasteiger partial charge in [0.1, 0.15) is 0 Å². The molecular weight excluding hydrogens is 757 g/mol. The normalized spacial score (nSPS) is 13.4. The van der Waals surface area contributed by atoms with Gasteiger partial charge in [-0.1, -0.05) is 166 Å². The van der Waals surface area contributed by atoms with E-state index in [-0.39, 0.29) is 5.41 Å². The zero-order chi connectivity index (χ0) is 41.2. The van der Waals surface area contributed by atoms with Crippen molar-refractivity contribution in [3.05, 3.63) is 223 Å². The number of benzene rings is 8. The third-order valence-electron chi connectivity index (χ3n) is 12.7. The van der Waals surface area contributed by atoms with E-state index in [0.717, 1.165) is 22.6 Å². The molecule has 0 spiro atoms. The Bertz CT molecular complexity index is 3410. The number of nitrogens with zero attached hydrogens (tertiary/aromatic N) is 2. The highest BCUT2D eigenvalue weighted by atomic mass is 32.1. The summed E-state index contributed by atoms with van der Waals surface area (Å²) in [4.78, 5) is 2.43. The molecule has 292 valence electrons. The van der Waals surface area contributed by atoms with Crippen LogP contribution >= 0.6 is 11.3 Å². The van der Waals surface area contributed by atoms with Crippen LogP contribution in [0.3, 0.4) is 0 Å². The molecule has 0 aliphatic heterocycles. The van der Waals surface area contributed by atoms with E-state index in [1.807, 2.05) is 23.5 Å². The van der Waals surface area contributed by atoms with E-state index < -0.39 is 0 Å². The number of rotatable bonds is 8. The van der Waals surface area contributed by atoms with E-state index in [1.165, 1.54) is 86.6 Å². The standard InChI is InChI=1S/C58H44N2S/c1-5-7-16-38(6-2)40-25-28-42(29-26-40)59(43-30-33-46-45-19-11-13-22-51(45)58(3,4)52(46)36-43)44-31-34-49-50-21-15-24-54(57(50)61-56(49)37-44)60-53-23-14-12-20-47(53)48-32-27-41(35-55(48)60)39-17-9-8-10-18-39/h5-37H,1H2,2-4H3/b16-7-,38-6+. The van der Waals surface area contributed by atoms with Gasteiger partial charge in [-0.3, -0.25) is 0 Å². The second-order valence-corrected chi connectivity index (χ2v) is 17.6. The Morgan fingerprint density at radius 2 is 1.26 bits per heavy atom. The Kier molecular flexibility index (Phi) is 8.77. The molecule has 1 aliphatic carbocycles. The van der Waals surface area contributed by atoms with Gasteiger partial charge in [0, 0.05) is 48.7 Å². The van der Waals surface area contributed by atoms with Crippen LogP contribution in [0.4, 0.5) is 17.1 Å². The van der Waals surface area contributed by atoms with E-state index in [9.17, 15) is 0 Å². The number of para-hydroxylation sites is 1. The van der Waals surface area contributed by atoms with Gasteiger partial charge in [-0.2, -0.15) is 0 Å². The first-order valence-electron chi connectivity index (χ1n) is 21.1. The third-order valence-corrected chi connectivity index (χ3v) is 13.9. The maximum atomic E-state index is 3.88. The summed E-state index contributed by atoms with van der Waals surface area (Å²) in [6, 6.07) is 65.2. The van der Waals surface area contributed by atoms with E-state index in [4.69, 9.17) is 0 Å². The fraction of sp³-hybridized carbons (Fsp3) is 0.0690. The lowest BCUT2D eigenvalue weighted by Gasteiger charge is -2.28. The number of hydrogen-bond acceptors (Lipinski definition) is 2. The highest BCUT2D eigenvalue weighted by molar-refractivity contribution is 7.26. The predicted octanol–water partition coefficient (Wildman–Crippen LogP) is 16.7. The molecule has 3 heteroatoms. The molecule has 0 N–H and O–H groups in total. The van der Waals surface area contributed by atoms with Gasteiger partial charge in [-0.15, -0.1) is 11.3 Å². The fourth-order valence-electron chi connectivity index (χ4n) is 9.74. The summed E-state index contributed by atoms with van der Waals surface area (Å²) in [6.45, 7) is 10.7. The molecule has 0 saturated carbocycles. The van der Waals surface area contributed by atoms with Gasteiger partial charge in [-0.25, -0.2) is 0 Å². The summed E-state index contributed by atoms with van der Waals surface area (Å²) in [6.07, 6.45) is 8.09. The number of anilines is 3. The van der Waals surface area contributed by atoms with Crippen molar-refractivity contribution in [3.8, 4) is 27.9 Å². The molecule has 0 fully saturated rings. The van der Waals surface area contributed by atoms with Crippen LogP contribution < -0.4 is 4.90 Å². The number of fused-ring (bicyclic) bond motifs is 9. The molecule has 2 aromatic heterocycles. The Morgan fingerprint density at radius 3 is 2.10 bits per heavy atom. The summed E-state index contributed by atoms with van der Waals surface area (Å²) in [5, 5.41) is 5.06. The summed E-state index contributed by atoms with van der Waals surface area (Å²) >= 11 is 1.88. The lowest BCUT2D eigenvalue weighted by atomic mass is 9.82. The Balaban J connectivity index is 1.09. The predicted molar refractivity (Wildman–Crippen MR) is 264 cm³/mol. The van der Waals surface area contributed by atoms with Gasteiger partial charge in [0.2, 0.25) is 0 Å². The monoisotopic (exact) mass is 800 g/mol. The summed E-state index contributed by atoms with van der Waals surface area (Å²) in [7, 11) is 0. The SMILES string of the molecule is C=C/C=C\C(=C/C)c1ccc(N(c2ccc3c(c2)C(C)(C)c2ccccc2-3)c2ccc3c(c2)sc2c(-n4c5ccccc5c5ccc(-c6ccccc6)cc54)cccc23)cc1. The first-order valence-corrected chi connectivity index (χ1v) is 21.9. The fourth-order valence-corrected chi connectivity index (χ4v) is 11.0. The molecule has 1 aliphatic rings. The number of allylic oxidation sites excluding steroid dienone is 5. The van der Waals surface area contributed by atoms with E-state index in [0.29, 0.717) is 0 Å². The van der Waals surface area contributed by atoms with E-state index in [2.05, 4.69) is 225 Å². The largest absolute Gasteiger partial charge is 0.310 e. The maximum absolute atomic E-state index is 3.88. The molecule has 0 amide bonds. The maximum Gasteiger partial charge on any atom is 0.0640 e. The van der Waals surface area contributed by atoms with Crippen LogP contribution in [0, 0.1) is 0 Å². The van der Waals surface area contributed by atoms with Crippen LogP contribution in [-0.2, 0) is 5.41 Å². The molecule has 0 saturated heterocycles. The van der Waals surface area contributed by atoms with Gasteiger partial charge in [0.15, 0.2) is 0 Å². The van der Waals surface area contributed by atoms with Gasteiger partial charge in [0.25, 0.3) is 0 Å². The average Bonchev–Trinajstić information content (AvgIpc) is 3.92. The molecule has 8 aromatic carbocycles. The zero-order valence-corrected chi connectivity index (χ0v) is 35.4. The van der Waals surface area contributed by atoms with Crippen LogP contribution in [0.25, 0.3) is 75.5 Å². The van der Waals surface area contributed by atoms with Crippen molar-refractivity contribution >= 4 is 76.0 Å². The molecule has 0 radical (unpaired) electrons. The molecular formula is C58H44N2S. The van der Waals surface area contributed by atoms with E-state index in [1.54, 1.807) is 0 Å². The number of thiophene rings is 1. The minimum Gasteiger partial charge on any atom is -0.310 e. The lowest BCUT2D eigenvalue weighted by Crippen LogP contribution is -2.16. The van der Waals surface area contributed by atoms with Crippen LogP contribution in [0.5, 0.6) is 0 Å². The van der Waals surface area contributed by atoms with Gasteiger partial charge < -0.3 is 9.47 Å². The van der Waals surface area contributed by atoms with Crippen molar-refractivity contribution in [3.63, 3.8) is 0 Å². The zero-order valence-electron chi connectivity index (χ0n) is 34.6. The molecule has 0 atom stereocenters. The van der Waals surface area contributed by atoms with Crippen LogP contribution in [0.15, 0.2) is 207 Å². The summed E-state index contributed by atoms with van der Waals surface area (Å²) in [5.41, 5.74) is 17.1. The van der Waals surface area contributed by atoms with Gasteiger partial charge >= 0.3 is 0 Å². The molecule has 2 nitrogen and oxygen atoms in total. The van der Waals surface area contributed by atoms with Gasteiger partial charge in [0.05, 0.1) is 21.4 Å². The third kappa shape index (κ3) is 5.91. The Morgan fingerprint density at radius 1 is 0.574 bits per heavy atom. The van der Waals surface area contributed by atoms with Crippen molar-refractivity contribution in [2.75, 3.05) is 4.90 Å². The smallest absolute Gasteiger partial charge is 0.0640 e. The topological polar surface area (TPSA) is 8.17 Å². The Labute approximate surface area is 361 Å². The second-order valence-electron chi connectivity index (χ2n) is 16.5. The molecule has 0 bridgehead atoms. The molecule has 0 unspecified atom stereocenters. The minimum atomic E-state index is -0.115. The summed E-state index contributed by atoms with van der Waals surface area (Å²) < 4.78 is 5.02. The summed E-state index contributed by atoms with van der Waals surface area (Å²) in [5.74, 6) is 0. The number of aromatic nitrogens is 1. The second kappa shape index (κ2) is 14.5. The number of hydrogen-bond donors (Lipinski definition) is 0. The molecule has 10 aromatic rings. The van der Waals surface area contributed by atoms with Crippen molar-refractivity contribution in [1.29, 1.82) is 0 Å². The highest BCUT2D eigenvalue weighted by Gasteiger charge is 2.35. The first kappa shape index (κ1) is 36.8. The minimum absolute atomic E-state index is 0.115. The van der Waals surface area contributed by atoms with Crippen LogP contribution in [0.1, 0.15) is 37.5 Å². The van der Waals surface area contributed by atoms with Gasteiger partial charge in [-0.05, 0) is 106 Å². The van der Waals surface area contributed by atoms with Crippen LogP contribution in [0.2, 0.25) is 0 Å². The lowest BCUT2D eigenvalue weighted by molar-refractivity contribution is 0.660. The molecule has 61 heavy (non-hydrogen) atoms. The average molecular weight is 801 g/mol. The van der Waals surface area contributed by atoms with Crippen molar-refractivity contribution < 1.29 is 0 Å².